The molecule has 2 aromatic rings. The van der Waals surface area contributed by atoms with Gasteiger partial charge in [0.2, 0.25) is 0 Å². The van der Waals surface area contributed by atoms with Gasteiger partial charge in [-0.1, -0.05) is 0 Å². The molecule has 1 amide bonds. The Morgan fingerprint density at radius 1 is 1.29 bits per heavy atom. The number of rotatable bonds is 6. The Hall–Kier alpha value is -3.29. The zero-order valence-electron chi connectivity index (χ0n) is 13.4. The van der Waals surface area contributed by atoms with Crippen LogP contribution >= 0.6 is 0 Å². The maximum Gasteiger partial charge on any atom is 0.273 e. The van der Waals surface area contributed by atoms with Crippen molar-refractivity contribution in [1.29, 1.82) is 0 Å². The van der Waals surface area contributed by atoms with Crippen LogP contribution in [0.25, 0.3) is 0 Å². The second-order valence-electron chi connectivity index (χ2n) is 5.02. The summed E-state index contributed by atoms with van der Waals surface area (Å²) in [6.45, 7) is 1.53. The van der Waals surface area contributed by atoms with Gasteiger partial charge in [0.1, 0.15) is 5.82 Å². The minimum Gasteiger partial charge on any atom is -0.493 e. The summed E-state index contributed by atoms with van der Waals surface area (Å²) in [5, 5.41) is 4.08. The van der Waals surface area contributed by atoms with Gasteiger partial charge in [0.25, 0.3) is 11.5 Å². The lowest BCUT2D eigenvalue weighted by molar-refractivity contribution is -0.119. The second kappa shape index (κ2) is 7.32. The van der Waals surface area contributed by atoms with E-state index < -0.39 is 5.91 Å². The van der Waals surface area contributed by atoms with E-state index in [0.717, 1.165) is 10.2 Å². The van der Waals surface area contributed by atoms with Crippen LogP contribution in [0.3, 0.4) is 0 Å². The average Bonchev–Trinajstić information content (AvgIpc) is 2.52. The number of primary amides is 1. The lowest BCUT2D eigenvalue weighted by Gasteiger charge is -2.10. The van der Waals surface area contributed by atoms with Crippen LogP contribution in [-0.4, -0.2) is 30.5 Å². The lowest BCUT2D eigenvalue weighted by atomic mass is 10.2. The molecule has 0 spiro atoms. The van der Waals surface area contributed by atoms with E-state index in [0.29, 0.717) is 17.1 Å². The molecule has 126 valence electrons. The van der Waals surface area contributed by atoms with E-state index in [9.17, 15) is 9.59 Å². The van der Waals surface area contributed by atoms with Crippen LogP contribution in [0.4, 0.5) is 5.82 Å². The molecule has 4 N–H and O–H groups in total. The van der Waals surface area contributed by atoms with Crippen LogP contribution in [0.15, 0.2) is 40.2 Å². The highest BCUT2D eigenvalue weighted by Crippen LogP contribution is 2.27. The number of methoxy groups -OCH3 is 1. The van der Waals surface area contributed by atoms with Gasteiger partial charge < -0.3 is 20.9 Å². The number of hydrogen-bond donors (Lipinski definition) is 2. The molecule has 1 aromatic carbocycles. The molecular formula is C16H18N4O4. The predicted molar refractivity (Wildman–Crippen MR) is 90.5 cm³/mol. The number of hydrogen-bond acceptors (Lipinski definition) is 6. The van der Waals surface area contributed by atoms with Gasteiger partial charge in [-0.3, -0.25) is 9.59 Å². The SMILES string of the molecule is COc1cc(C=Nn2c(N)cc(C)cc2=O)ccc1OCC(N)=O. The zero-order chi connectivity index (χ0) is 17.7. The van der Waals surface area contributed by atoms with Gasteiger partial charge in [0.05, 0.1) is 13.3 Å². The monoisotopic (exact) mass is 330 g/mol. The van der Waals surface area contributed by atoms with Crippen molar-refractivity contribution in [3.63, 3.8) is 0 Å². The highest BCUT2D eigenvalue weighted by molar-refractivity contribution is 5.81. The largest absolute Gasteiger partial charge is 0.493 e. The first-order valence-electron chi connectivity index (χ1n) is 7.03. The number of aromatic nitrogens is 1. The van der Waals surface area contributed by atoms with Crippen LogP contribution < -0.4 is 26.5 Å². The van der Waals surface area contributed by atoms with Crippen molar-refractivity contribution in [3.05, 3.63) is 51.8 Å². The van der Waals surface area contributed by atoms with Gasteiger partial charge >= 0.3 is 0 Å². The van der Waals surface area contributed by atoms with Crippen molar-refractivity contribution in [2.24, 2.45) is 10.8 Å². The third kappa shape index (κ3) is 4.13. The van der Waals surface area contributed by atoms with E-state index >= 15 is 0 Å². The summed E-state index contributed by atoms with van der Waals surface area (Å²) in [4.78, 5) is 22.7. The van der Waals surface area contributed by atoms with E-state index in [4.69, 9.17) is 20.9 Å². The highest BCUT2D eigenvalue weighted by atomic mass is 16.5. The van der Waals surface area contributed by atoms with Crippen LogP contribution in [0, 0.1) is 6.92 Å². The fourth-order valence-corrected chi connectivity index (χ4v) is 2.00. The Balaban J connectivity index is 2.27. The summed E-state index contributed by atoms with van der Waals surface area (Å²) in [5.41, 5.74) is 11.9. The molecule has 0 saturated heterocycles. The Labute approximate surface area is 138 Å². The molecule has 1 aromatic heterocycles. The first-order valence-corrected chi connectivity index (χ1v) is 7.03. The molecule has 0 aliphatic carbocycles. The summed E-state index contributed by atoms with van der Waals surface area (Å²) in [6, 6.07) is 8.05. The smallest absolute Gasteiger partial charge is 0.273 e. The molecule has 8 heteroatoms. The fourth-order valence-electron chi connectivity index (χ4n) is 2.00. The van der Waals surface area contributed by atoms with Crippen LogP contribution in [0.2, 0.25) is 0 Å². The Morgan fingerprint density at radius 3 is 2.67 bits per heavy atom. The molecule has 0 radical (unpaired) electrons. The van der Waals surface area contributed by atoms with Gasteiger partial charge in [-0.2, -0.15) is 9.78 Å². The van der Waals surface area contributed by atoms with Gasteiger partial charge in [0.15, 0.2) is 18.1 Å². The summed E-state index contributed by atoms with van der Waals surface area (Å²) >= 11 is 0. The number of nitrogens with zero attached hydrogens (tertiary/aromatic N) is 2. The van der Waals surface area contributed by atoms with E-state index in [-0.39, 0.29) is 18.0 Å². The molecular weight excluding hydrogens is 312 g/mol. The number of aryl methyl sites for hydroxylation is 1. The third-order valence-corrected chi connectivity index (χ3v) is 3.06. The van der Waals surface area contributed by atoms with Crippen molar-refractivity contribution in [1.82, 2.24) is 4.68 Å². The van der Waals surface area contributed by atoms with Crippen LogP contribution in [-0.2, 0) is 4.79 Å². The number of benzene rings is 1. The first kappa shape index (κ1) is 17.1. The molecule has 8 nitrogen and oxygen atoms in total. The fraction of sp³-hybridized carbons (Fsp3) is 0.188. The van der Waals surface area contributed by atoms with Crippen molar-refractivity contribution in [2.45, 2.75) is 6.92 Å². The quantitative estimate of drug-likeness (QED) is 0.747. The molecule has 0 aliphatic rings. The summed E-state index contributed by atoms with van der Waals surface area (Å²) < 4.78 is 11.5. The van der Waals surface area contributed by atoms with E-state index in [1.807, 2.05) is 0 Å². The minimum atomic E-state index is -0.586. The summed E-state index contributed by atoms with van der Waals surface area (Å²) in [6.07, 6.45) is 1.47. The number of carbonyl (C=O) groups excluding carboxylic acids is 1. The normalized spacial score (nSPS) is 10.8. The third-order valence-electron chi connectivity index (χ3n) is 3.06. The number of ether oxygens (including phenoxy) is 2. The van der Waals surface area contributed by atoms with Crippen LogP contribution in [0.5, 0.6) is 11.5 Å². The molecule has 0 bridgehead atoms. The molecule has 0 unspecified atom stereocenters. The van der Waals surface area contributed by atoms with Crippen molar-refractivity contribution in [2.75, 3.05) is 19.5 Å². The topological polar surface area (TPSA) is 122 Å². The molecule has 0 saturated carbocycles. The number of carbonyl (C=O) groups is 1. The number of nitrogen functional groups attached to an aromatic ring is 1. The molecule has 24 heavy (non-hydrogen) atoms. The lowest BCUT2D eigenvalue weighted by Crippen LogP contribution is -2.20. The number of anilines is 1. The Bertz CT molecular complexity index is 842. The zero-order valence-corrected chi connectivity index (χ0v) is 13.4. The molecule has 1 heterocycles. The summed E-state index contributed by atoms with van der Waals surface area (Å²) in [5.74, 6) is 0.437. The van der Waals surface area contributed by atoms with E-state index in [1.165, 1.54) is 19.4 Å². The number of nitrogens with two attached hydrogens (primary N) is 2. The van der Waals surface area contributed by atoms with Crippen molar-refractivity contribution < 1.29 is 14.3 Å². The van der Waals surface area contributed by atoms with E-state index in [1.54, 1.807) is 31.2 Å². The summed E-state index contributed by atoms with van der Waals surface area (Å²) in [7, 11) is 1.47. The maximum atomic E-state index is 11.9. The van der Waals surface area contributed by atoms with Crippen LogP contribution in [0.1, 0.15) is 11.1 Å². The standard InChI is InChI=1S/C16H18N4O4/c1-10-5-14(17)20(16(22)6-10)19-8-11-3-4-12(13(7-11)23-2)24-9-15(18)21/h3-8H,9,17H2,1-2H3,(H2,18,21). The average molecular weight is 330 g/mol. The van der Waals surface area contributed by atoms with E-state index in [2.05, 4.69) is 5.10 Å². The minimum absolute atomic E-state index is 0.240. The number of pyridine rings is 1. The second-order valence-corrected chi connectivity index (χ2v) is 5.02. The van der Waals surface area contributed by atoms with Crippen molar-refractivity contribution in [3.8, 4) is 11.5 Å². The predicted octanol–water partition coefficient (Wildman–Crippen LogP) is 0.494. The molecule has 0 fully saturated rings. The number of amides is 1. The van der Waals surface area contributed by atoms with Gasteiger partial charge in [-0.25, -0.2) is 0 Å². The first-order chi connectivity index (χ1) is 11.4. The molecule has 0 aliphatic heterocycles. The van der Waals surface area contributed by atoms with Gasteiger partial charge in [0, 0.05) is 6.07 Å². The maximum absolute atomic E-state index is 11.9. The van der Waals surface area contributed by atoms with Gasteiger partial charge in [-0.05, 0) is 42.3 Å². The van der Waals surface area contributed by atoms with Crippen molar-refractivity contribution >= 4 is 17.9 Å². The molecule has 2 rings (SSSR count). The van der Waals surface area contributed by atoms with Gasteiger partial charge in [-0.15, -0.1) is 0 Å². The highest BCUT2D eigenvalue weighted by Gasteiger charge is 2.07. The Kier molecular flexibility index (Phi) is 5.20. The molecule has 0 atom stereocenters. The Morgan fingerprint density at radius 2 is 2.04 bits per heavy atom.